The van der Waals surface area contributed by atoms with E-state index in [2.05, 4.69) is 10.7 Å². The molecule has 2 N–H and O–H groups in total. The lowest BCUT2D eigenvalue weighted by molar-refractivity contribution is -0.141. The van der Waals surface area contributed by atoms with Crippen LogP contribution in [0.2, 0.25) is 0 Å². The van der Waals surface area contributed by atoms with Crippen molar-refractivity contribution in [3.05, 3.63) is 29.8 Å². The Labute approximate surface area is 139 Å². The highest BCUT2D eigenvalue weighted by atomic mass is 16.5. The number of nitrogens with one attached hydrogen (secondary N) is 2. The molecule has 0 aromatic heterocycles. The molecule has 1 aromatic rings. The van der Waals surface area contributed by atoms with Gasteiger partial charge < -0.3 is 10.1 Å². The standard InChI is InChI=1S/C16H18N4O4/c1-4-16(3)14(22)20(15(23)18-16)19-13(21)10(2)24-12-7-5-11(9-17)6-8-12/h5-8,10H,4H2,1-3H3,(H,18,23)(H,19,21)/t10-,16-/m0/s1. The first-order valence-electron chi connectivity index (χ1n) is 7.44. The number of carbonyl (C=O) groups is 3. The molecule has 0 saturated carbocycles. The highest BCUT2D eigenvalue weighted by Crippen LogP contribution is 2.19. The Kier molecular flexibility index (Phi) is 4.74. The van der Waals surface area contributed by atoms with Crippen molar-refractivity contribution in [2.45, 2.75) is 38.8 Å². The Bertz CT molecular complexity index is 710. The third-order valence-corrected chi connectivity index (χ3v) is 3.86. The summed E-state index contributed by atoms with van der Waals surface area (Å²) >= 11 is 0. The topological polar surface area (TPSA) is 112 Å². The smallest absolute Gasteiger partial charge is 0.344 e. The molecule has 2 atom stereocenters. The Morgan fingerprint density at radius 2 is 2.04 bits per heavy atom. The number of nitrogens with zero attached hydrogens (tertiary/aromatic N) is 2. The minimum Gasteiger partial charge on any atom is -0.481 e. The Morgan fingerprint density at radius 1 is 1.42 bits per heavy atom. The normalized spacial score (nSPS) is 21.0. The highest BCUT2D eigenvalue weighted by Gasteiger charge is 2.47. The molecule has 0 unspecified atom stereocenters. The molecule has 1 saturated heterocycles. The molecule has 0 aliphatic carbocycles. The number of benzene rings is 1. The zero-order valence-electron chi connectivity index (χ0n) is 13.6. The summed E-state index contributed by atoms with van der Waals surface area (Å²) in [5.74, 6) is -0.760. The molecule has 1 fully saturated rings. The zero-order valence-corrected chi connectivity index (χ0v) is 13.6. The van der Waals surface area contributed by atoms with Gasteiger partial charge in [0, 0.05) is 0 Å². The van der Waals surface area contributed by atoms with Crippen LogP contribution < -0.4 is 15.5 Å². The van der Waals surface area contributed by atoms with Crippen LogP contribution in [0.5, 0.6) is 5.75 Å². The fourth-order valence-electron chi connectivity index (χ4n) is 2.09. The van der Waals surface area contributed by atoms with Crippen LogP contribution in [0.25, 0.3) is 0 Å². The lowest BCUT2D eigenvalue weighted by atomic mass is 10.00. The quantitative estimate of drug-likeness (QED) is 0.785. The van der Waals surface area contributed by atoms with Gasteiger partial charge in [-0.25, -0.2) is 4.79 Å². The predicted octanol–water partition coefficient (Wildman–Crippen LogP) is 1.08. The molecule has 24 heavy (non-hydrogen) atoms. The Balaban J connectivity index is 2.00. The van der Waals surface area contributed by atoms with Crippen LogP contribution >= 0.6 is 0 Å². The third kappa shape index (κ3) is 3.30. The van der Waals surface area contributed by atoms with Crippen molar-refractivity contribution in [2.75, 3.05) is 0 Å². The second-order valence-corrected chi connectivity index (χ2v) is 5.63. The van der Waals surface area contributed by atoms with E-state index in [1.165, 1.54) is 6.92 Å². The predicted molar refractivity (Wildman–Crippen MR) is 83.5 cm³/mol. The number of urea groups is 1. The van der Waals surface area contributed by atoms with Crippen LogP contribution in [0.1, 0.15) is 32.8 Å². The number of hydrogen-bond acceptors (Lipinski definition) is 5. The maximum Gasteiger partial charge on any atom is 0.344 e. The van der Waals surface area contributed by atoms with Gasteiger partial charge in [-0.2, -0.15) is 10.3 Å². The molecule has 126 valence electrons. The maximum absolute atomic E-state index is 12.2. The first-order chi connectivity index (χ1) is 11.3. The number of amides is 4. The summed E-state index contributed by atoms with van der Waals surface area (Å²) < 4.78 is 5.44. The van der Waals surface area contributed by atoms with E-state index in [-0.39, 0.29) is 0 Å². The number of hydrogen-bond donors (Lipinski definition) is 2. The molecule has 1 aliphatic rings. The van der Waals surface area contributed by atoms with Gasteiger partial charge in [-0.1, -0.05) is 6.92 Å². The maximum atomic E-state index is 12.2. The molecule has 0 bridgehead atoms. The van der Waals surface area contributed by atoms with E-state index in [4.69, 9.17) is 10.00 Å². The van der Waals surface area contributed by atoms with E-state index < -0.39 is 29.5 Å². The van der Waals surface area contributed by atoms with E-state index >= 15 is 0 Å². The van der Waals surface area contributed by atoms with Gasteiger partial charge >= 0.3 is 6.03 Å². The highest BCUT2D eigenvalue weighted by molar-refractivity contribution is 6.07. The first-order valence-corrected chi connectivity index (χ1v) is 7.44. The van der Waals surface area contributed by atoms with Crippen LogP contribution in [-0.2, 0) is 9.59 Å². The zero-order chi connectivity index (χ0) is 17.9. The van der Waals surface area contributed by atoms with Gasteiger partial charge in [0.25, 0.3) is 11.8 Å². The molecular formula is C16H18N4O4. The number of rotatable bonds is 5. The van der Waals surface area contributed by atoms with E-state index in [0.717, 1.165) is 0 Å². The lowest BCUT2D eigenvalue weighted by Crippen LogP contribution is -2.51. The van der Waals surface area contributed by atoms with Gasteiger partial charge in [0.1, 0.15) is 11.3 Å². The van der Waals surface area contributed by atoms with Crippen molar-refractivity contribution in [3.63, 3.8) is 0 Å². The van der Waals surface area contributed by atoms with Crippen LogP contribution in [0, 0.1) is 11.3 Å². The van der Waals surface area contributed by atoms with Gasteiger partial charge in [-0.3, -0.25) is 15.0 Å². The van der Waals surface area contributed by atoms with E-state index in [1.807, 2.05) is 6.07 Å². The molecular weight excluding hydrogens is 312 g/mol. The number of imide groups is 1. The monoisotopic (exact) mass is 330 g/mol. The third-order valence-electron chi connectivity index (χ3n) is 3.86. The van der Waals surface area contributed by atoms with Crippen molar-refractivity contribution in [1.82, 2.24) is 15.8 Å². The summed E-state index contributed by atoms with van der Waals surface area (Å²) in [6.07, 6.45) is -0.534. The molecule has 1 aromatic carbocycles. The molecule has 1 aliphatic heterocycles. The van der Waals surface area contributed by atoms with Crippen LogP contribution in [0.15, 0.2) is 24.3 Å². The molecule has 4 amide bonds. The van der Waals surface area contributed by atoms with Crippen molar-refractivity contribution in [2.24, 2.45) is 0 Å². The summed E-state index contributed by atoms with van der Waals surface area (Å²) in [6.45, 7) is 4.85. The summed E-state index contributed by atoms with van der Waals surface area (Å²) in [6, 6.07) is 7.54. The second-order valence-electron chi connectivity index (χ2n) is 5.63. The van der Waals surface area contributed by atoms with Crippen LogP contribution in [0.3, 0.4) is 0 Å². The molecule has 1 heterocycles. The van der Waals surface area contributed by atoms with Gasteiger partial charge in [0.2, 0.25) is 0 Å². The summed E-state index contributed by atoms with van der Waals surface area (Å²) in [4.78, 5) is 36.2. The fourth-order valence-corrected chi connectivity index (χ4v) is 2.09. The van der Waals surface area contributed by atoms with Gasteiger partial charge in [0.15, 0.2) is 6.10 Å². The minimum atomic E-state index is -1.03. The van der Waals surface area contributed by atoms with Crippen molar-refractivity contribution < 1.29 is 19.1 Å². The summed E-state index contributed by atoms with van der Waals surface area (Å²) in [5.41, 5.74) is 1.71. The van der Waals surface area contributed by atoms with E-state index in [9.17, 15) is 14.4 Å². The van der Waals surface area contributed by atoms with Gasteiger partial charge in [-0.15, -0.1) is 0 Å². The molecule has 0 spiro atoms. The second kappa shape index (κ2) is 6.58. The van der Waals surface area contributed by atoms with Crippen LogP contribution in [-0.4, -0.2) is 34.5 Å². The largest absolute Gasteiger partial charge is 0.481 e. The molecule has 8 nitrogen and oxygen atoms in total. The Hall–Kier alpha value is -3.08. The lowest BCUT2D eigenvalue weighted by Gasteiger charge is -2.21. The van der Waals surface area contributed by atoms with Crippen molar-refractivity contribution >= 4 is 17.8 Å². The average molecular weight is 330 g/mol. The summed E-state index contributed by atoms with van der Waals surface area (Å²) in [5, 5.41) is 11.9. The van der Waals surface area contributed by atoms with Gasteiger partial charge in [0.05, 0.1) is 11.6 Å². The van der Waals surface area contributed by atoms with Crippen molar-refractivity contribution in [1.29, 1.82) is 5.26 Å². The molecule has 2 rings (SSSR count). The Morgan fingerprint density at radius 3 is 2.54 bits per heavy atom. The minimum absolute atomic E-state index is 0.396. The summed E-state index contributed by atoms with van der Waals surface area (Å²) in [7, 11) is 0. The average Bonchev–Trinajstić information content (AvgIpc) is 2.79. The van der Waals surface area contributed by atoms with Crippen LogP contribution in [0.4, 0.5) is 4.79 Å². The van der Waals surface area contributed by atoms with E-state index in [0.29, 0.717) is 22.7 Å². The van der Waals surface area contributed by atoms with Crippen molar-refractivity contribution in [3.8, 4) is 11.8 Å². The van der Waals surface area contributed by atoms with E-state index in [1.54, 1.807) is 38.1 Å². The number of hydrazine groups is 1. The fraction of sp³-hybridized carbons (Fsp3) is 0.375. The number of nitriles is 1. The van der Waals surface area contributed by atoms with Gasteiger partial charge in [-0.05, 0) is 44.5 Å². The number of ether oxygens (including phenoxy) is 1. The molecule has 8 heteroatoms. The number of carbonyl (C=O) groups excluding carboxylic acids is 3. The SMILES string of the molecule is CC[C@]1(C)NC(=O)N(NC(=O)[C@H](C)Oc2ccc(C#N)cc2)C1=O. The molecule has 0 radical (unpaired) electrons. The first kappa shape index (κ1) is 17.3.